The molecule has 0 aliphatic rings. The van der Waals surface area contributed by atoms with Gasteiger partial charge in [-0.15, -0.1) is 0 Å². The second-order valence-corrected chi connectivity index (χ2v) is 5.47. The van der Waals surface area contributed by atoms with Crippen LogP contribution in [-0.2, 0) is 0 Å². The van der Waals surface area contributed by atoms with E-state index in [4.69, 9.17) is 33.2 Å². The Labute approximate surface area is 146 Å². The topological polar surface area (TPSA) is 92.3 Å². The predicted octanol–water partition coefficient (Wildman–Crippen LogP) is 3.17. The molecule has 9 heteroatoms. The summed E-state index contributed by atoms with van der Waals surface area (Å²) in [7, 11) is 1.47. The molecule has 3 heterocycles. The van der Waals surface area contributed by atoms with Gasteiger partial charge in [-0.3, -0.25) is 9.78 Å². The number of aromatic nitrogens is 3. The summed E-state index contributed by atoms with van der Waals surface area (Å²) in [6.45, 7) is 0. The molecule has 0 unspecified atom stereocenters. The van der Waals surface area contributed by atoms with Gasteiger partial charge in [0.1, 0.15) is 6.07 Å². The number of nitriles is 1. The van der Waals surface area contributed by atoms with E-state index in [0.717, 1.165) is 0 Å². The lowest BCUT2D eigenvalue weighted by molar-refractivity contribution is 0.102. The largest absolute Gasteiger partial charge is 0.481 e. The third kappa shape index (κ3) is 2.73. The molecular weight excluding hydrogens is 353 g/mol. The zero-order chi connectivity index (χ0) is 17.3. The van der Waals surface area contributed by atoms with Gasteiger partial charge < -0.3 is 10.1 Å². The van der Waals surface area contributed by atoms with Gasteiger partial charge in [-0.25, -0.2) is 0 Å². The van der Waals surface area contributed by atoms with E-state index in [1.807, 2.05) is 6.07 Å². The average molecular weight is 362 g/mol. The van der Waals surface area contributed by atoms with E-state index in [1.165, 1.54) is 30.1 Å². The van der Waals surface area contributed by atoms with Crippen molar-refractivity contribution in [1.29, 1.82) is 5.26 Å². The number of hydrogen-bond donors (Lipinski definition) is 1. The van der Waals surface area contributed by atoms with Gasteiger partial charge in [-0.05, 0) is 6.07 Å². The Bertz CT molecular complexity index is 973. The van der Waals surface area contributed by atoms with Crippen molar-refractivity contribution in [3.05, 3.63) is 51.9 Å². The zero-order valence-corrected chi connectivity index (χ0v) is 13.8. The smallest absolute Gasteiger partial charge is 0.257 e. The highest BCUT2D eigenvalue weighted by Gasteiger charge is 2.18. The third-order valence-corrected chi connectivity index (χ3v) is 3.82. The lowest BCUT2D eigenvalue weighted by Crippen LogP contribution is -2.14. The molecule has 24 heavy (non-hydrogen) atoms. The molecule has 0 saturated carbocycles. The van der Waals surface area contributed by atoms with Gasteiger partial charge in [-0.2, -0.15) is 14.9 Å². The van der Waals surface area contributed by atoms with Crippen LogP contribution in [0.3, 0.4) is 0 Å². The second kappa shape index (κ2) is 6.35. The molecule has 0 saturated heterocycles. The Hall–Kier alpha value is -2.82. The van der Waals surface area contributed by atoms with Gasteiger partial charge in [-0.1, -0.05) is 23.2 Å². The summed E-state index contributed by atoms with van der Waals surface area (Å²) in [5, 5.41) is 16.2. The van der Waals surface area contributed by atoms with Gasteiger partial charge in [0.15, 0.2) is 5.69 Å². The lowest BCUT2D eigenvalue weighted by atomic mass is 10.2. The minimum absolute atomic E-state index is 0.161. The molecule has 0 radical (unpaired) electrons. The number of amides is 1. The Morgan fingerprint density at radius 2 is 2.04 bits per heavy atom. The van der Waals surface area contributed by atoms with E-state index >= 15 is 0 Å². The number of methoxy groups -OCH3 is 1. The molecule has 120 valence electrons. The fraction of sp³-hybridized carbons (Fsp3) is 0.0667. The summed E-state index contributed by atoms with van der Waals surface area (Å²) in [5.41, 5.74) is 1.12. The van der Waals surface area contributed by atoms with Gasteiger partial charge in [0, 0.05) is 24.5 Å². The number of anilines is 1. The Morgan fingerprint density at radius 3 is 2.67 bits per heavy atom. The fourth-order valence-electron chi connectivity index (χ4n) is 2.16. The van der Waals surface area contributed by atoms with E-state index in [9.17, 15) is 4.79 Å². The highest BCUT2D eigenvalue weighted by atomic mass is 35.5. The van der Waals surface area contributed by atoms with Crippen molar-refractivity contribution in [3.8, 4) is 11.9 Å². The molecule has 0 aromatic carbocycles. The van der Waals surface area contributed by atoms with E-state index in [-0.39, 0.29) is 27.0 Å². The van der Waals surface area contributed by atoms with Crippen LogP contribution in [0.25, 0.3) is 5.52 Å². The van der Waals surface area contributed by atoms with Crippen LogP contribution in [0.15, 0.2) is 30.6 Å². The molecule has 3 aromatic rings. The van der Waals surface area contributed by atoms with Crippen molar-refractivity contribution >= 4 is 40.3 Å². The Balaban J connectivity index is 2.08. The standard InChI is InChI=1S/C15H9Cl2N5O2/c1-24-13-3-2-9(12-4-8(5-18)21-22(12)13)15(23)20-14-10(16)6-19-7-11(14)17/h2-4,6-7H,1H3,(H,19,20,23). The first-order chi connectivity index (χ1) is 11.5. The monoisotopic (exact) mass is 361 g/mol. The van der Waals surface area contributed by atoms with Gasteiger partial charge in [0.25, 0.3) is 5.91 Å². The summed E-state index contributed by atoms with van der Waals surface area (Å²) in [4.78, 5) is 16.4. The maximum absolute atomic E-state index is 12.6. The van der Waals surface area contributed by atoms with Gasteiger partial charge in [0.2, 0.25) is 5.88 Å². The molecule has 1 N–H and O–H groups in total. The van der Waals surface area contributed by atoms with Crippen molar-refractivity contribution in [2.75, 3.05) is 12.4 Å². The van der Waals surface area contributed by atoms with Crippen molar-refractivity contribution in [2.24, 2.45) is 0 Å². The number of ether oxygens (including phenoxy) is 1. The Morgan fingerprint density at radius 1 is 1.33 bits per heavy atom. The first-order valence-electron chi connectivity index (χ1n) is 6.62. The maximum atomic E-state index is 12.6. The maximum Gasteiger partial charge on any atom is 0.257 e. The molecule has 3 rings (SSSR count). The number of nitrogens with zero attached hydrogens (tertiary/aromatic N) is 4. The van der Waals surface area contributed by atoms with Crippen LogP contribution in [-0.4, -0.2) is 27.6 Å². The number of hydrogen-bond acceptors (Lipinski definition) is 5. The van der Waals surface area contributed by atoms with Crippen molar-refractivity contribution < 1.29 is 9.53 Å². The second-order valence-electron chi connectivity index (χ2n) is 4.66. The molecule has 7 nitrogen and oxygen atoms in total. The van der Waals surface area contributed by atoms with Crippen LogP contribution in [0, 0.1) is 11.3 Å². The summed E-state index contributed by atoms with van der Waals surface area (Å²) in [5.74, 6) is -0.0648. The van der Waals surface area contributed by atoms with Crippen LogP contribution in [0.2, 0.25) is 10.0 Å². The molecular formula is C15H9Cl2N5O2. The summed E-state index contributed by atoms with van der Waals surface area (Å²) < 4.78 is 6.56. The van der Waals surface area contributed by atoms with Gasteiger partial charge >= 0.3 is 0 Å². The molecule has 0 spiro atoms. The van der Waals surface area contributed by atoms with Crippen molar-refractivity contribution in [1.82, 2.24) is 14.6 Å². The van der Waals surface area contributed by atoms with E-state index in [1.54, 1.807) is 12.1 Å². The van der Waals surface area contributed by atoms with Crippen LogP contribution < -0.4 is 10.1 Å². The average Bonchev–Trinajstić information content (AvgIpc) is 3.01. The predicted molar refractivity (Wildman–Crippen MR) is 88.7 cm³/mol. The molecule has 0 bridgehead atoms. The fourth-order valence-corrected chi connectivity index (χ4v) is 2.62. The van der Waals surface area contributed by atoms with Crippen LogP contribution in [0.1, 0.15) is 16.1 Å². The summed E-state index contributed by atoms with van der Waals surface area (Å²) in [6, 6.07) is 6.57. The van der Waals surface area contributed by atoms with Crippen molar-refractivity contribution in [2.45, 2.75) is 0 Å². The number of fused-ring (bicyclic) bond motifs is 1. The highest BCUT2D eigenvalue weighted by molar-refractivity contribution is 6.39. The number of carbonyl (C=O) groups excluding carboxylic acids is 1. The first-order valence-corrected chi connectivity index (χ1v) is 7.38. The van der Waals surface area contributed by atoms with E-state index in [0.29, 0.717) is 11.4 Å². The van der Waals surface area contributed by atoms with E-state index < -0.39 is 5.91 Å². The number of rotatable bonds is 3. The molecule has 3 aromatic heterocycles. The van der Waals surface area contributed by atoms with E-state index in [2.05, 4.69) is 15.4 Å². The molecule has 0 aliphatic carbocycles. The third-order valence-electron chi connectivity index (χ3n) is 3.25. The lowest BCUT2D eigenvalue weighted by Gasteiger charge is -2.10. The number of carbonyl (C=O) groups is 1. The Kier molecular flexibility index (Phi) is 4.25. The molecule has 0 atom stereocenters. The SMILES string of the molecule is COc1ccc(C(=O)Nc2c(Cl)cncc2Cl)c2cc(C#N)nn12. The first kappa shape index (κ1) is 16.1. The van der Waals surface area contributed by atoms with Crippen LogP contribution in [0.4, 0.5) is 5.69 Å². The zero-order valence-electron chi connectivity index (χ0n) is 12.2. The minimum Gasteiger partial charge on any atom is -0.481 e. The molecule has 1 amide bonds. The van der Waals surface area contributed by atoms with Gasteiger partial charge in [0.05, 0.1) is 33.9 Å². The highest BCUT2D eigenvalue weighted by Crippen LogP contribution is 2.29. The van der Waals surface area contributed by atoms with Crippen LogP contribution in [0.5, 0.6) is 5.88 Å². The van der Waals surface area contributed by atoms with Crippen LogP contribution >= 0.6 is 23.2 Å². The number of halogens is 2. The quantitative estimate of drug-likeness (QED) is 0.773. The van der Waals surface area contributed by atoms with Crippen molar-refractivity contribution in [3.63, 3.8) is 0 Å². The minimum atomic E-state index is -0.456. The number of pyridine rings is 2. The normalized spacial score (nSPS) is 10.4. The summed E-state index contributed by atoms with van der Waals surface area (Å²) in [6.07, 6.45) is 2.75. The summed E-state index contributed by atoms with van der Waals surface area (Å²) >= 11 is 12.0. The number of nitrogens with one attached hydrogen (secondary N) is 1. The molecule has 0 aliphatic heterocycles. The molecule has 0 fully saturated rings.